The maximum Gasteiger partial charge on any atom is 0.409 e. The molecule has 0 spiro atoms. The van der Waals surface area contributed by atoms with Crippen LogP contribution in [0, 0.1) is 0 Å². The lowest BCUT2D eigenvalue weighted by molar-refractivity contribution is 0.111. The fourth-order valence-electron chi connectivity index (χ4n) is 3.73. The van der Waals surface area contributed by atoms with Crippen LogP contribution in [0.4, 0.5) is 4.79 Å². The Hall–Kier alpha value is -2.24. The second-order valence-corrected chi connectivity index (χ2v) is 7.86. The molecule has 2 atom stereocenters. The number of carbonyl (C=O) groups excluding carboxylic acids is 1. The Bertz CT molecular complexity index is 663. The summed E-state index contributed by atoms with van der Waals surface area (Å²) in [4.78, 5) is 17.7. The minimum Gasteiger partial charge on any atom is -0.453 e. The van der Waals surface area contributed by atoms with Gasteiger partial charge in [0.05, 0.1) is 7.11 Å². The maximum absolute atomic E-state index is 11.6. The average molecular weight is 373 g/mol. The van der Waals surface area contributed by atoms with Crippen LogP contribution in [0.1, 0.15) is 56.1 Å². The molecule has 6 nitrogen and oxygen atoms in total. The van der Waals surface area contributed by atoms with Gasteiger partial charge < -0.3 is 20.3 Å². The van der Waals surface area contributed by atoms with Gasteiger partial charge in [0.2, 0.25) is 0 Å². The number of amides is 1. The van der Waals surface area contributed by atoms with E-state index < -0.39 is 0 Å². The van der Waals surface area contributed by atoms with Gasteiger partial charge in [-0.1, -0.05) is 38.1 Å². The van der Waals surface area contributed by atoms with Gasteiger partial charge in [-0.3, -0.25) is 4.99 Å². The third-order valence-corrected chi connectivity index (χ3v) is 5.64. The van der Waals surface area contributed by atoms with E-state index in [9.17, 15) is 4.79 Å². The fourth-order valence-corrected chi connectivity index (χ4v) is 3.73. The second kappa shape index (κ2) is 8.63. The van der Waals surface area contributed by atoms with Gasteiger partial charge in [-0.05, 0) is 36.3 Å². The Morgan fingerprint density at radius 2 is 1.85 bits per heavy atom. The summed E-state index contributed by atoms with van der Waals surface area (Å²) in [6.45, 7) is 5.88. The minimum absolute atomic E-state index is 0.236. The van der Waals surface area contributed by atoms with Gasteiger partial charge in [-0.15, -0.1) is 0 Å². The van der Waals surface area contributed by atoms with Crippen LogP contribution in [-0.2, 0) is 4.74 Å². The highest BCUT2D eigenvalue weighted by atomic mass is 16.5. The molecule has 1 heterocycles. The number of hydrogen-bond acceptors (Lipinski definition) is 3. The second-order valence-electron chi connectivity index (χ2n) is 7.86. The molecule has 6 heteroatoms. The van der Waals surface area contributed by atoms with Crippen LogP contribution < -0.4 is 10.6 Å². The molecule has 1 amide bonds. The number of piperidine rings is 1. The Labute approximate surface area is 162 Å². The SMILES string of the molecule is CN=C(NC1CCN(C(=O)OC)CC1)NC1CC1c1ccc(C(C)C)cc1. The molecular weight excluding hydrogens is 340 g/mol. The molecular formula is C21H32N4O2. The predicted molar refractivity (Wildman–Crippen MR) is 108 cm³/mol. The lowest BCUT2D eigenvalue weighted by Gasteiger charge is -2.32. The molecule has 1 aromatic rings. The Kier molecular flexibility index (Phi) is 6.24. The van der Waals surface area contributed by atoms with E-state index >= 15 is 0 Å². The first-order valence-electron chi connectivity index (χ1n) is 9.94. The first kappa shape index (κ1) is 19.5. The number of ether oxygens (including phenoxy) is 1. The van der Waals surface area contributed by atoms with E-state index in [4.69, 9.17) is 4.74 Å². The standard InChI is InChI=1S/C21H32N4O2/c1-14(2)15-5-7-16(8-6-15)18-13-19(18)24-20(22-3)23-17-9-11-25(12-10-17)21(26)27-4/h5-8,14,17-19H,9-13H2,1-4H3,(H2,22,23,24). The van der Waals surface area contributed by atoms with Crippen LogP contribution in [0.3, 0.4) is 0 Å². The molecule has 2 N–H and O–H groups in total. The quantitative estimate of drug-likeness (QED) is 0.630. The number of likely N-dealkylation sites (tertiary alicyclic amines) is 1. The van der Waals surface area contributed by atoms with Crippen LogP contribution in [-0.4, -0.2) is 56.3 Å². The van der Waals surface area contributed by atoms with Crippen LogP contribution in [0.15, 0.2) is 29.3 Å². The normalized spacial score (nSPS) is 23.3. The van der Waals surface area contributed by atoms with Gasteiger partial charge >= 0.3 is 6.09 Å². The lowest BCUT2D eigenvalue weighted by atomic mass is 10.0. The molecule has 0 radical (unpaired) electrons. The number of guanidine groups is 1. The van der Waals surface area contributed by atoms with Crippen molar-refractivity contribution in [2.45, 2.75) is 57.0 Å². The van der Waals surface area contributed by atoms with Crippen LogP contribution in [0.5, 0.6) is 0 Å². The highest BCUT2D eigenvalue weighted by Gasteiger charge is 2.39. The van der Waals surface area contributed by atoms with Crippen molar-refractivity contribution in [3.05, 3.63) is 35.4 Å². The molecule has 0 bridgehead atoms. The summed E-state index contributed by atoms with van der Waals surface area (Å²) in [5.41, 5.74) is 2.79. The first-order valence-corrected chi connectivity index (χ1v) is 9.94. The van der Waals surface area contributed by atoms with Crippen LogP contribution in [0.25, 0.3) is 0 Å². The monoisotopic (exact) mass is 372 g/mol. The average Bonchev–Trinajstić information content (AvgIpc) is 3.46. The van der Waals surface area contributed by atoms with E-state index in [1.54, 1.807) is 4.90 Å². The molecule has 1 saturated heterocycles. The summed E-state index contributed by atoms with van der Waals surface area (Å²) >= 11 is 0. The molecule has 2 aliphatic rings. The Morgan fingerprint density at radius 3 is 2.41 bits per heavy atom. The summed E-state index contributed by atoms with van der Waals surface area (Å²) in [7, 11) is 3.24. The first-order chi connectivity index (χ1) is 13.0. The smallest absolute Gasteiger partial charge is 0.409 e. The van der Waals surface area contributed by atoms with Gasteiger partial charge in [0.15, 0.2) is 5.96 Å². The maximum atomic E-state index is 11.6. The lowest BCUT2D eigenvalue weighted by Crippen LogP contribution is -2.50. The number of nitrogens with one attached hydrogen (secondary N) is 2. The molecule has 27 heavy (non-hydrogen) atoms. The van der Waals surface area contributed by atoms with E-state index in [1.165, 1.54) is 18.2 Å². The van der Waals surface area contributed by atoms with E-state index in [-0.39, 0.29) is 6.09 Å². The number of carbonyl (C=O) groups is 1. The topological polar surface area (TPSA) is 66.0 Å². The summed E-state index contributed by atoms with van der Waals surface area (Å²) < 4.78 is 4.79. The molecule has 1 aromatic carbocycles. The van der Waals surface area contributed by atoms with Crippen LogP contribution >= 0.6 is 0 Å². The predicted octanol–water partition coefficient (Wildman–Crippen LogP) is 3.06. The van der Waals surface area contributed by atoms with Crippen molar-refractivity contribution in [3.8, 4) is 0 Å². The van der Waals surface area contributed by atoms with Crippen molar-refractivity contribution in [1.29, 1.82) is 0 Å². The molecule has 1 aliphatic heterocycles. The number of rotatable bonds is 4. The van der Waals surface area contributed by atoms with Gasteiger partial charge in [-0.2, -0.15) is 0 Å². The van der Waals surface area contributed by atoms with Crippen molar-refractivity contribution in [3.63, 3.8) is 0 Å². The number of methoxy groups -OCH3 is 1. The van der Waals surface area contributed by atoms with Crippen molar-refractivity contribution in [2.24, 2.45) is 4.99 Å². The Morgan fingerprint density at radius 1 is 1.19 bits per heavy atom. The summed E-state index contributed by atoms with van der Waals surface area (Å²) in [6, 6.07) is 9.80. The highest BCUT2D eigenvalue weighted by molar-refractivity contribution is 5.81. The molecule has 2 fully saturated rings. The third kappa shape index (κ3) is 4.93. The van der Waals surface area contributed by atoms with Crippen molar-refractivity contribution < 1.29 is 9.53 Å². The summed E-state index contributed by atoms with van der Waals surface area (Å²) in [5.74, 6) is 1.99. The van der Waals surface area contributed by atoms with E-state index in [0.29, 0.717) is 23.9 Å². The van der Waals surface area contributed by atoms with Gasteiger partial charge in [0.25, 0.3) is 0 Å². The van der Waals surface area contributed by atoms with Crippen LogP contribution in [0.2, 0.25) is 0 Å². The zero-order valence-electron chi connectivity index (χ0n) is 16.9. The minimum atomic E-state index is -0.236. The van der Waals surface area contributed by atoms with Gasteiger partial charge in [-0.25, -0.2) is 4.79 Å². The van der Waals surface area contributed by atoms with E-state index in [1.807, 2.05) is 7.05 Å². The fraction of sp³-hybridized carbons (Fsp3) is 0.619. The van der Waals surface area contributed by atoms with E-state index in [2.05, 4.69) is 53.7 Å². The van der Waals surface area contributed by atoms with Crippen molar-refractivity contribution in [1.82, 2.24) is 15.5 Å². The Balaban J connectivity index is 1.46. The van der Waals surface area contributed by atoms with E-state index in [0.717, 1.165) is 38.3 Å². The molecule has 2 unspecified atom stereocenters. The third-order valence-electron chi connectivity index (χ3n) is 5.64. The molecule has 3 rings (SSSR count). The largest absolute Gasteiger partial charge is 0.453 e. The molecule has 0 aromatic heterocycles. The summed E-state index contributed by atoms with van der Waals surface area (Å²) in [5, 5.41) is 7.06. The molecule has 1 aliphatic carbocycles. The number of benzene rings is 1. The zero-order valence-corrected chi connectivity index (χ0v) is 16.9. The number of aliphatic imine (C=N–C) groups is 1. The number of nitrogens with zero attached hydrogens (tertiary/aromatic N) is 2. The molecule has 148 valence electrons. The van der Waals surface area contributed by atoms with Crippen molar-refractivity contribution in [2.75, 3.05) is 27.2 Å². The molecule has 1 saturated carbocycles. The van der Waals surface area contributed by atoms with Crippen molar-refractivity contribution >= 4 is 12.1 Å². The number of hydrogen-bond donors (Lipinski definition) is 2. The zero-order chi connectivity index (χ0) is 19.4. The van der Waals surface area contributed by atoms with Gasteiger partial charge in [0.1, 0.15) is 0 Å². The highest BCUT2D eigenvalue weighted by Crippen LogP contribution is 2.41. The van der Waals surface area contributed by atoms with Gasteiger partial charge in [0, 0.05) is 38.1 Å². The summed E-state index contributed by atoms with van der Waals surface area (Å²) in [6.07, 6.45) is 2.71.